The normalized spacial score (nSPS) is 11.8. The summed E-state index contributed by atoms with van der Waals surface area (Å²) in [5, 5.41) is 17.8. The number of carboxylic acid groups (broad SMARTS) is 2. The highest BCUT2D eigenvalue weighted by molar-refractivity contribution is 5.96. The molecule has 0 saturated heterocycles. The lowest BCUT2D eigenvalue weighted by Gasteiger charge is -2.23. The van der Waals surface area contributed by atoms with Crippen LogP contribution in [0.2, 0.25) is 0 Å². The zero-order valence-corrected chi connectivity index (χ0v) is 12.3. The van der Waals surface area contributed by atoms with Crippen molar-refractivity contribution in [2.24, 2.45) is 5.92 Å². The summed E-state index contributed by atoms with van der Waals surface area (Å²) >= 11 is 0. The van der Waals surface area contributed by atoms with Crippen LogP contribution in [0.25, 0.3) is 0 Å². The quantitative estimate of drug-likeness (QED) is 0.829. The van der Waals surface area contributed by atoms with E-state index in [4.69, 9.17) is 10.2 Å². The highest BCUT2D eigenvalue weighted by Crippen LogP contribution is 2.13. The summed E-state index contributed by atoms with van der Waals surface area (Å²) in [7, 11) is 0. The van der Waals surface area contributed by atoms with E-state index in [1.807, 2.05) is 13.8 Å². The van der Waals surface area contributed by atoms with Gasteiger partial charge in [0.25, 0.3) is 5.91 Å². The number of benzene rings is 1. The molecule has 1 amide bonds. The first-order valence-electron chi connectivity index (χ1n) is 6.53. The van der Waals surface area contributed by atoms with E-state index in [2.05, 4.69) is 0 Å². The van der Waals surface area contributed by atoms with E-state index in [1.54, 1.807) is 18.2 Å². The van der Waals surface area contributed by atoms with Crippen LogP contribution in [0.15, 0.2) is 18.2 Å². The standard InChI is InChI=1S/C15H19NO5/c1-9-4-5-12(6-10(9)2)14(19)16(8-13(17)18)7-11(3)15(20)21/h4-6,11H,7-8H2,1-3H3,(H,17,18)(H,20,21). The second kappa shape index (κ2) is 6.88. The smallest absolute Gasteiger partial charge is 0.323 e. The minimum atomic E-state index is -1.18. The Morgan fingerprint density at radius 1 is 1.14 bits per heavy atom. The molecule has 6 nitrogen and oxygen atoms in total. The molecule has 0 radical (unpaired) electrons. The third-order valence-electron chi connectivity index (χ3n) is 3.28. The number of nitrogens with zero attached hydrogens (tertiary/aromatic N) is 1. The van der Waals surface area contributed by atoms with Crippen LogP contribution >= 0.6 is 0 Å². The van der Waals surface area contributed by atoms with Crippen LogP contribution in [0.4, 0.5) is 0 Å². The monoisotopic (exact) mass is 293 g/mol. The van der Waals surface area contributed by atoms with Gasteiger partial charge in [0.1, 0.15) is 6.54 Å². The van der Waals surface area contributed by atoms with E-state index >= 15 is 0 Å². The molecule has 21 heavy (non-hydrogen) atoms. The van der Waals surface area contributed by atoms with Gasteiger partial charge >= 0.3 is 11.9 Å². The predicted molar refractivity (Wildman–Crippen MR) is 76.3 cm³/mol. The number of hydrogen-bond acceptors (Lipinski definition) is 3. The van der Waals surface area contributed by atoms with Gasteiger partial charge < -0.3 is 15.1 Å². The van der Waals surface area contributed by atoms with E-state index < -0.39 is 30.3 Å². The number of carbonyl (C=O) groups is 3. The number of hydrogen-bond donors (Lipinski definition) is 2. The van der Waals surface area contributed by atoms with Crippen LogP contribution < -0.4 is 0 Å². The third-order valence-corrected chi connectivity index (χ3v) is 3.28. The van der Waals surface area contributed by atoms with Crippen LogP contribution in [-0.2, 0) is 9.59 Å². The largest absolute Gasteiger partial charge is 0.481 e. The molecule has 1 aromatic rings. The van der Waals surface area contributed by atoms with Gasteiger partial charge in [-0.2, -0.15) is 0 Å². The van der Waals surface area contributed by atoms with Crippen molar-refractivity contribution >= 4 is 17.8 Å². The van der Waals surface area contributed by atoms with E-state index in [-0.39, 0.29) is 6.54 Å². The highest BCUT2D eigenvalue weighted by atomic mass is 16.4. The van der Waals surface area contributed by atoms with Crippen LogP contribution in [0.1, 0.15) is 28.4 Å². The maximum absolute atomic E-state index is 12.4. The van der Waals surface area contributed by atoms with Gasteiger partial charge in [0, 0.05) is 12.1 Å². The van der Waals surface area contributed by atoms with Gasteiger partial charge in [0.15, 0.2) is 0 Å². The van der Waals surface area contributed by atoms with Crippen LogP contribution in [0, 0.1) is 19.8 Å². The lowest BCUT2D eigenvalue weighted by Crippen LogP contribution is -2.40. The van der Waals surface area contributed by atoms with Crippen molar-refractivity contribution in [2.75, 3.05) is 13.1 Å². The molecule has 1 rings (SSSR count). The van der Waals surface area contributed by atoms with Gasteiger partial charge in [-0.15, -0.1) is 0 Å². The molecule has 0 fully saturated rings. The summed E-state index contributed by atoms with van der Waals surface area (Å²) in [4.78, 5) is 35.2. The fourth-order valence-electron chi connectivity index (χ4n) is 1.85. The Morgan fingerprint density at radius 3 is 2.24 bits per heavy atom. The van der Waals surface area contributed by atoms with Crippen molar-refractivity contribution in [2.45, 2.75) is 20.8 Å². The Balaban J connectivity index is 3.00. The molecule has 0 aliphatic carbocycles. The molecule has 2 N–H and O–H groups in total. The summed E-state index contributed by atoms with van der Waals surface area (Å²) in [6, 6.07) is 5.07. The molecule has 6 heteroatoms. The topological polar surface area (TPSA) is 94.9 Å². The van der Waals surface area contributed by atoms with E-state index in [0.717, 1.165) is 16.0 Å². The van der Waals surface area contributed by atoms with Gasteiger partial charge in [-0.05, 0) is 37.1 Å². The SMILES string of the molecule is Cc1ccc(C(=O)N(CC(=O)O)CC(C)C(=O)O)cc1C. The van der Waals surface area contributed by atoms with E-state index in [1.165, 1.54) is 6.92 Å². The van der Waals surface area contributed by atoms with Crippen molar-refractivity contribution in [3.8, 4) is 0 Å². The number of rotatable bonds is 6. The molecule has 0 bridgehead atoms. The number of carboxylic acids is 2. The molecular formula is C15H19NO5. The minimum Gasteiger partial charge on any atom is -0.481 e. The Labute approximate surface area is 123 Å². The second-order valence-electron chi connectivity index (χ2n) is 5.12. The summed E-state index contributed by atoms with van der Waals surface area (Å²) in [5.41, 5.74) is 2.30. The minimum absolute atomic E-state index is 0.145. The summed E-state index contributed by atoms with van der Waals surface area (Å²) in [6.45, 7) is 4.53. The zero-order valence-electron chi connectivity index (χ0n) is 12.3. The van der Waals surface area contributed by atoms with Crippen molar-refractivity contribution < 1.29 is 24.6 Å². The first-order chi connectivity index (χ1) is 9.72. The molecule has 0 heterocycles. The van der Waals surface area contributed by atoms with Gasteiger partial charge in [-0.25, -0.2) is 0 Å². The van der Waals surface area contributed by atoms with Crippen molar-refractivity contribution in [3.05, 3.63) is 34.9 Å². The Bertz CT molecular complexity index is 567. The Morgan fingerprint density at radius 2 is 1.76 bits per heavy atom. The molecule has 0 saturated carbocycles. The molecule has 0 aliphatic rings. The van der Waals surface area contributed by atoms with Crippen molar-refractivity contribution in [3.63, 3.8) is 0 Å². The molecule has 1 aromatic carbocycles. The Kier molecular flexibility index (Phi) is 5.46. The van der Waals surface area contributed by atoms with Gasteiger partial charge in [-0.3, -0.25) is 14.4 Å². The number of aryl methyl sites for hydroxylation is 2. The highest BCUT2D eigenvalue weighted by Gasteiger charge is 2.23. The fourth-order valence-corrected chi connectivity index (χ4v) is 1.85. The maximum Gasteiger partial charge on any atom is 0.323 e. The Hall–Kier alpha value is -2.37. The fraction of sp³-hybridized carbons (Fsp3) is 0.400. The number of amides is 1. The van der Waals surface area contributed by atoms with Gasteiger partial charge in [0.05, 0.1) is 5.92 Å². The molecule has 114 valence electrons. The summed E-state index contributed by atoms with van der Waals surface area (Å²) in [5.74, 6) is -3.56. The molecule has 0 spiro atoms. The third kappa shape index (κ3) is 4.59. The molecule has 0 aromatic heterocycles. The first kappa shape index (κ1) is 16.7. The lowest BCUT2D eigenvalue weighted by atomic mass is 10.0. The summed E-state index contributed by atoms with van der Waals surface area (Å²) < 4.78 is 0. The number of carbonyl (C=O) groups excluding carboxylic acids is 1. The summed E-state index contributed by atoms with van der Waals surface area (Å²) in [6.07, 6.45) is 0. The van der Waals surface area contributed by atoms with Crippen molar-refractivity contribution in [1.82, 2.24) is 4.90 Å². The van der Waals surface area contributed by atoms with Crippen LogP contribution in [0.3, 0.4) is 0 Å². The average molecular weight is 293 g/mol. The van der Waals surface area contributed by atoms with Gasteiger partial charge in [0.2, 0.25) is 0 Å². The van der Waals surface area contributed by atoms with Crippen LogP contribution in [0.5, 0.6) is 0 Å². The predicted octanol–water partition coefficient (Wildman–Crippen LogP) is 1.55. The molecule has 1 atom stereocenters. The maximum atomic E-state index is 12.4. The average Bonchev–Trinajstić information content (AvgIpc) is 2.39. The first-order valence-corrected chi connectivity index (χ1v) is 6.53. The molecular weight excluding hydrogens is 274 g/mol. The molecule has 1 unspecified atom stereocenters. The van der Waals surface area contributed by atoms with Crippen molar-refractivity contribution in [1.29, 1.82) is 0 Å². The zero-order chi connectivity index (χ0) is 16.2. The van der Waals surface area contributed by atoms with Crippen LogP contribution in [-0.4, -0.2) is 46.0 Å². The van der Waals surface area contributed by atoms with E-state index in [9.17, 15) is 14.4 Å². The van der Waals surface area contributed by atoms with Gasteiger partial charge in [-0.1, -0.05) is 13.0 Å². The lowest BCUT2D eigenvalue weighted by molar-refractivity contribution is -0.143. The second-order valence-corrected chi connectivity index (χ2v) is 5.12. The van der Waals surface area contributed by atoms with E-state index in [0.29, 0.717) is 5.56 Å². The molecule has 0 aliphatic heterocycles. The number of aliphatic carboxylic acids is 2.